The van der Waals surface area contributed by atoms with E-state index >= 15 is 0 Å². The molecule has 0 unspecified atom stereocenters. The van der Waals surface area contributed by atoms with E-state index in [4.69, 9.17) is 11.6 Å². The molecule has 0 bridgehead atoms. The van der Waals surface area contributed by atoms with Crippen molar-refractivity contribution in [3.63, 3.8) is 0 Å². The van der Waals surface area contributed by atoms with Crippen LogP contribution in [-0.4, -0.2) is 30.3 Å². The number of ketones is 1. The summed E-state index contributed by atoms with van der Waals surface area (Å²) in [6.07, 6.45) is 0. The standard InChI is InChI=1S/C12H16ClNO/c1-9(2)14(3)8-12(15)10-6-4-5-7-11(10)13/h4-7,9H,8H2,1-3H3. The molecule has 1 rings (SSSR count). The molecular formula is C12H16ClNO. The summed E-state index contributed by atoms with van der Waals surface area (Å²) in [7, 11) is 1.93. The molecule has 0 amide bonds. The van der Waals surface area contributed by atoms with Crippen LogP contribution in [0.25, 0.3) is 0 Å². The van der Waals surface area contributed by atoms with E-state index in [1.54, 1.807) is 12.1 Å². The van der Waals surface area contributed by atoms with Crippen molar-refractivity contribution in [1.82, 2.24) is 4.90 Å². The third kappa shape index (κ3) is 3.33. The van der Waals surface area contributed by atoms with Crippen LogP contribution in [0.2, 0.25) is 5.02 Å². The number of likely N-dealkylation sites (N-methyl/N-ethyl adjacent to an activating group) is 1. The molecule has 0 spiro atoms. The lowest BCUT2D eigenvalue weighted by Crippen LogP contribution is -2.32. The molecular weight excluding hydrogens is 210 g/mol. The van der Waals surface area contributed by atoms with Crippen LogP contribution in [0.5, 0.6) is 0 Å². The first kappa shape index (κ1) is 12.2. The largest absolute Gasteiger partial charge is 0.296 e. The zero-order chi connectivity index (χ0) is 11.4. The fraction of sp³-hybridized carbons (Fsp3) is 0.417. The molecule has 0 heterocycles. The van der Waals surface area contributed by atoms with Crippen molar-refractivity contribution < 1.29 is 4.79 Å². The van der Waals surface area contributed by atoms with Crippen molar-refractivity contribution in [2.45, 2.75) is 19.9 Å². The van der Waals surface area contributed by atoms with Crippen LogP contribution in [0.1, 0.15) is 24.2 Å². The quantitative estimate of drug-likeness (QED) is 0.735. The minimum atomic E-state index is 0.0665. The Morgan fingerprint density at radius 1 is 1.40 bits per heavy atom. The lowest BCUT2D eigenvalue weighted by Gasteiger charge is -2.20. The molecule has 1 aromatic rings. The van der Waals surface area contributed by atoms with E-state index in [-0.39, 0.29) is 5.78 Å². The van der Waals surface area contributed by atoms with Crippen LogP contribution in [0.15, 0.2) is 24.3 Å². The van der Waals surface area contributed by atoms with Gasteiger partial charge in [0.15, 0.2) is 5.78 Å². The molecule has 82 valence electrons. The highest BCUT2D eigenvalue weighted by Gasteiger charge is 2.13. The highest BCUT2D eigenvalue weighted by atomic mass is 35.5. The SMILES string of the molecule is CC(C)N(C)CC(=O)c1ccccc1Cl. The van der Waals surface area contributed by atoms with Crippen molar-refractivity contribution in [2.75, 3.05) is 13.6 Å². The fourth-order valence-corrected chi connectivity index (χ4v) is 1.42. The van der Waals surface area contributed by atoms with E-state index in [2.05, 4.69) is 13.8 Å². The summed E-state index contributed by atoms with van der Waals surface area (Å²) >= 11 is 5.94. The van der Waals surface area contributed by atoms with Gasteiger partial charge >= 0.3 is 0 Å². The smallest absolute Gasteiger partial charge is 0.178 e. The summed E-state index contributed by atoms with van der Waals surface area (Å²) in [4.78, 5) is 13.8. The Morgan fingerprint density at radius 2 is 2.00 bits per heavy atom. The predicted octanol–water partition coefficient (Wildman–Crippen LogP) is 2.86. The maximum Gasteiger partial charge on any atom is 0.178 e. The van der Waals surface area contributed by atoms with E-state index < -0.39 is 0 Å². The number of hydrogen-bond donors (Lipinski definition) is 0. The van der Waals surface area contributed by atoms with Gasteiger partial charge in [-0.15, -0.1) is 0 Å². The van der Waals surface area contributed by atoms with Crippen LogP contribution in [0, 0.1) is 0 Å². The summed E-state index contributed by atoms with van der Waals surface area (Å²) in [6, 6.07) is 7.51. The maximum atomic E-state index is 11.9. The number of halogens is 1. The molecule has 0 aliphatic carbocycles. The second-order valence-corrected chi connectivity index (χ2v) is 4.32. The number of nitrogens with zero attached hydrogens (tertiary/aromatic N) is 1. The summed E-state index contributed by atoms with van der Waals surface area (Å²) in [5.41, 5.74) is 0.603. The highest BCUT2D eigenvalue weighted by Crippen LogP contribution is 2.15. The van der Waals surface area contributed by atoms with Crippen LogP contribution in [0.3, 0.4) is 0 Å². The van der Waals surface area contributed by atoms with Crippen molar-refractivity contribution in [3.8, 4) is 0 Å². The summed E-state index contributed by atoms with van der Waals surface area (Å²) in [6.45, 7) is 4.52. The number of carbonyl (C=O) groups excluding carboxylic acids is 1. The van der Waals surface area contributed by atoms with E-state index in [9.17, 15) is 4.79 Å². The Morgan fingerprint density at radius 3 is 2.53 bits per heavy atom. The van der Waals surface area contributed by atoms with Gasteiger partial charge in [0.1, 0.15) is 0 Å². The second-order valence-electron chi connectivity index (χ2n) is 3.91. The Bertz CT molecular complexity index is 349. The Labute approximate surface area is 95.8 Å². The second kappa shape index (κ2) is 5.29. The number of Topliss-reactive ketones (excluding diaryl/α,β-unsaturated/α-hetero) is 1. The molecule has 0 aliphatic heterocycles. The molecule has 0 aromatic heterocycles. The van der Waals surface area contributed by atoms with Gasteiger partial charge in [-0.25, -0.2) is 0 Å². The first-order chi connectivity index (χ1) is 7.02. The number of rotatable bonds is 4. The minimum Gasteiger partial charge on any atom is -0.296 e. The molecule has 0 saturated carbocycles. The molecule has 0 radical (unpaired) electrons. The van der Waals surface area contributed by atoms with E-state index in [0.717, 1.165) is 0 Å². The van der Waals surface area contributed by atoms with Crippen molar-refractivity contribution in [2.24, 2.45) is 0 Å². The van der Waals surface area contributed by atoms with Crippen LogP contribution >= 0.6 is 11.6 Å². The Hall–Kier alpha value is -0.860. The molecule has 3 heteroatoms. The number of carbonyl (C=O) groups is 1. The van der Waals surface area contributed by atoms with E-state index in [1.807, 2.05) is 24.1 Å². The van der Waals surface area contributed by atoms with Crippen molar-refractivity contribution >= 4 is 17.4 Å². The van der Waals surface area contributed by atoms with Crippen molar-refractivity contribution in [3.05, 3.63) is 34.9 Å². The first-order valence-corrected chi connectivity index (χ1v) is 5.38. The normalized spacial score (nSPS) is 11.1. The van der Waals surface area contributed by atoms with E-state index in [0.29, 0.717) is 23.2 Å². The lowest BCUT2D eigenvalue weighted by molar-refractivity contribution is 0.0929. The van der Waals surface area contributed by atoms with Gasteiger partial charge in [0.2, 0.25) is 0 Å². The zero-order valence-electron chi connectivity index (χ0n) is 9.33. The zero-order valence-corrected chi connectivity index (χ0v) is 10.1. The Balaban J connectivity index is 2.74. The average Bonchev–Trinajstić information content (AvgIpc) is 2.18. The summed E-state index contributed by atoms with van der Waals surface area (Å²) in [5.74, 6) is 0.0665. The molecule has 0 aliphatic rings. The molecule has 0 saturated heterocycles. The topological polar surface area (TPSA) is 20.3 Å². The average molecular weight is 226 g/mol. The number of hydrogen-bond acceptors (Lipinski definition) is 2. The van der Waals surface area contributed by atoms with Gasteiger partial charge in [0.05, 0.1) is 11.6 Å². The van der Waals surface area contributed by atoms with Crippen LogP contribution < -0.4 is 0 Å². The first-order valence-electron chi connectivity index (χ1n) is 5.00. The predicted molar refractivity (Wildman–Crippen MR) is 63.5 cm³/mol. The highest BCUT2D eigenvalue weighted by molar-refractivity contribution is 6.34. The maximum absolute atomic E-state index is 11.9. The Kier molecular flexibility index (Phi) is 4.30. The molecule has 0 atom stereocenters. The van der Waals surface area contributed by atoms with Gasteiger partial charge in [0.25, 0.3) is 0 Å². The third-order valence-corrected chi connectivity index (χ3v) is 2.78. The van der Waals surface area contributed by atoms with Crippen molar-refractivity contribution in [1.29, 1.82) is 0 Å². The van der Waals surface area contributed by atoms with Gasteiger partial charge in [0, 0.05) is 11.6 Å². The van der Waals surface area contributed by atoms with Gasteiger partial charge < -0.3 is 0 Å². The van der Waals surface area contributed by atoms with Gasteiger partial charge in [-0.3, -0.25) is 9.69 Å². The molecule has 2 nitrogen and oxygen atoms in total. The summed E-state index contributed by atoms with van der Waals surface area (Å²) < 4.78 is 0. The monoisotopic (exact) mass is 225 g/mol. The summed E-state index contributed by atoms with van der Waals surface area (Å²) in [5, 5.41) is 0.527. The van der Waals surface area contributed by atoms with Crippen LogP contribution in [0.4, 0.5) is 0 Å². The molecule has 0 fully saturated rings. The number of benzene rings is 1. The molecule has 15 heavy (non-hydrogen) atoms. The molecule has 1 aromatic carbocycles. The van der Waals surface area contributed by atoms with Gasteiger partial charge in [-0.2, -0.15) is 0 Å². The third-order valence-electron chi connectivity index (χ3n) is 2.45. The molecule has 0 N–H and O–H groups in total. The fourth-order valence-electron chi connectivity index (χ4n) is 1.18. The van der Waals surface area contributed by atoms with Gasteiger partial charge in [-0.1, -0.05) is 23.7 Å². The van der Waals surface area contributed by atoms with Crippen LogP contribution in [-0.2, 0) is 0 Å². The lowest BCUT2D eigenvalue weighted by atomic mass is 10.1. The minimum absolute atomic E-state index is 0.0665. The van der Waals surface area contributed by atoms with E-state index in [1.165, 1.54) is 0 Å². The van der Waals surface area contributed by atoms with Gasteiger partial charge in [-0.05, 0) is 33.0 Å².